The molecule has 2 atom stereocenters. The zero-order chi connectivity index (χ0) is 22.0. The summed E-state index contributed by atoms with van der Waals surface area (Å²) in [6.45, 7) is 6.36. The molecular formula is C25H34FNO4. The SMILES string of the molecule is CC(=O)Cc1ccc(OCC[C@@H]2C[C@@H]2C2CCN(C(=O)OCC3(C)CC3)CC2)cc1F. The van der Waals surface area contributed by atoms with Crippen molar-refractivity contribution in [2.45, 2.75) is 58.8 Å². The second kappa shape index (κ2) is 9.17. The van der Waals surface area contributed by atoms with Gasteiger partial charge in [0, 0.05) is 31.0 Å². The van der Waals surface area contributed by atoms with Gasteiger partial charge in [0.1, 0.15) is 17.3 Å². The molecule has 4 rings (SSSR count). The molecule has 1 amide bonds. The quantitative estimate of drug-likeness (QED) is 0.551. The minimum absolute atomic E-state index is 0.0531. The largest absolute Gasteiger partial charge is 0.493 e. The van der Waals surface area contributed by atoms with E-state index in [1.54, 1.807) is 12.1 Å². The van der Waals surface area contributed by atoms with Crippen LogP contribution in [0.15, 0.2) is 18.2 Å². The molecule has 2 saturated carbocycles. The van der Waals surface area contributed by atoms with Crippen molar-refractivity contribution in [2.24, 2.45) is 23.2 Å². The van der Waals surface area contributed by atoms with E-state index in [1.165, 1.54) is 19.4 Å². The number of amides is 1. The number of rotatable bonds is 9. The summed E-state index contributed by atoms with van der Waals surface area (Å²) in [7, 11) is 0. The van der Waals surface area contributed by atoms with Crippen molar-refractivity contribution in [3.63, 3.8) is 0 Å². The Morgan fingerprint density at radius 1 is 1.23 bits per heavy atom. The number of ether oxygens (including phenoxy) is 2. The maximum Gasteiger partial charge on any atom is 0.409 e. The minimum atomic E-state index is -0.381. The maximum absolute atomic E-state index is 14.0. The van der Waals surface area contributed by atoms with Crippen LogP contribution in [0.5, 0.6) is 5.75 Å². The summed E-state index contributed by atoms with van der Waals surface area (Å²) in [5.41, 5.74) is 0.652. The van der Waals surface area contributed by atoms with Gasteiger partial charge in [0.2, 0.25) is 0 Å². The molecule has 2 aliphatic carbocycles. The van der Waals surface area contributed by atoms with Crippen LogP contribution in [0.25, 0.3) is 0 Å². The van der Waals surface area contributed by atoms with Crippen LogP contribution in [-0.2, 0) is 16.0 Å². The van der Waals surface area contributed by atoms with E-state index in [4.69, 9.17) is 9.47 Å². The normalized spacial score (nSPS) is 24.5. The van der Waals surface area contributed by atoms with Crippen LogP contribution in [0.3, 0.4) is 0 Å². The van der Waals surface area contributed by atoms with Crippen LogP contribution >= 0.6 is 0 Å². The molecule has 170 valence electrons. The van der Waals surface area contributed by atoms with Gasteiger partial charge in [0.05, 0.1) is 13.2 Å². The highest BCUT2D eigenvalue weighted by molar-refractivity contribution is 5.78. The van der Waals surface area contributed by atoms with Crippen molar-refractivity contribution >= 4 is 11.9 Å². The number of carbonyl (C=O) groups excluding carboxylic acids is 2. The van der Waals surface area contributed by atoms with Gasteiger partial charge in [-0.05, 0) is 74.8 Å². The van der Waals surface area contributed by atoms with Gasteiger partial charge in [-0.1, -0.05) is 13.0 Å². The van der Waals surface area contributed by atoms with Crippen LogP contribution in [0, 0.1) is 29.0 Å². The first-order valence-corrected chi connectivity index (χ1v) is 11.7. The Balaban J connectivity index is 1.13. The molecule has 6 heteroatoms. The number of nitrogens with zero attached hydrogens (tertiary/aromatic N) is 1. The summed E-state index contributed by atoms with van der Waals surface area (Å²) in [4.78, 5) is 25.3. The predicted octanol–water partition coefficient (Wildman–Crippen LogP) is 5.01. The number of likely N-dealkylation sites (tertiary alicyclic amines) is 1. The van der Waals surface area contributed by atoms with Crippen LogP contribution < -0.4 is 4.74 Å². The van der Waals surface area contributed by atoms with Gasteiger partial charge in [-0.2, -0.15) is 0 Å². The second-order valence-electron chi connectivity index (χ2n) is 10.1. The standard InChI is InChI=1S/C25H34FNO4/c1-17(28)13-20-3-4-21(15-23(20)26)30-12-7-19-14-22(19)18-5-10-27(11-6-18)24(29)31-16-25(2)8-9-25/h3-4,15,18-19,22H,5-14,16H2,1-2H3/t19-,22-/m1/s1. The molecule has 0 N–H and O–H groups in total. The van der Waals surface area contributed by atoms with Crippen LogP contribution in [-0.4, -0.2) is 43.1 Å². The Morgan fingerprint density at radius 3 is 2.61 bits per heavy atom. The molecule has 1 aromatic rings. The lowest BCUT2D eigenvalue weighted by molar-refractivity contribution is -0.116. The van der Waals surface area contributed by atoms with Crippen LogP contribution in [0.2, 0.25) is 0 Å². The maximum atomic E-state index is 14.0. The zero-order valence-electron chi connectivity index (χ0n) is 18.7. The summed E-state index contributed by atoms with van der Waals surface area (Å²) >= 11 is 0. The Labute approximate surface area is 184 Å². The highest BCUT2D eigenvalue weighted by atomic mass is 19.1. The number of benzene rings is 1. The second-order valence-corrected chi connectivity index (χ2v) is 10.1. The first-order valence-electron chi connectivity index (χ1n) is 11.7. The smallest absolute Gasteiger partial charge is 0.409 e. The van der Waals surface area contributed by atoms with E-state index in [0.717, 1.165) is 51.1 Å². The molecule has 1 saturated heterocycles. The number of piperidine rings is 1. The third-order valence-electron chi connectivity index (χ3n) is 7.25. The molecular weight excluding hydrogens is 397 g/mol. The highest BCUT2D eigenvalue weighted by Gasteiger charge is 2.44. The Hall–Kier alpha value is -2.11. The number of Topliss-reactive ketones (excluding diaryl/α,β-unsaturated/α-hetero) is 1. The summed E-state index contributed by atoms with van der Waals surface area (Å²) in [6, 6.07) is 4.75. The summed E-state index contributed by atoms with van der Waals surface area (Å²) in [6.07, 6.45) is 6.60. The van der Waals surface area contributed by atoms with Gasteiger partial charge >= 0.3 is 6.09 Å². The Kier molecular flexibility index (Phi) is 6.54. The van der Waals surface area contributed by atoms with Crippen LogP contribution in [0.1, 0.15) is 57.9 Å². The molecule has 0 unspecified atom stereocenters. The van der Waals surface area contributed by atoms with E-state index in [2.05, 4.69) is 6.92 Å². The molecule has 0 aromatic heterocycles. The Bertz CT molecular complexity index is 814. The van der Waals surface area contributed by atoms with Gasteiger partial charge in [-0.3, -0.25) is 4.79 Å². The lowest BCUT2D eigenvalue weighted by Crippen LogP contribution is -2.40. The molecule has 31 heavy (non-hydrogen) atoms. The van der Waals surface area contributed by atoms with Crippen molar-refractivity contribution in [3.05, 3.63) is 29.6 Å². The van der Waals surface area contributed by atoms with E-state index in [-0.39, 0.29) is 29.5 Å². The summed E-state index contributed by atoms with van der Waals surface area (Å²) in [5, 5.41) is 0. The first-order chi connectivity index (χ1) is 14.8. The van der Waals surface area contributed by atoms with Crippen LogP contribution in [0.4, 0.5) is 9.18 Å². The van der Waals surface area contributed by atoms with Crippen molar-refractivity contribution in [2.75, 3.05) is 26.3 Å². The molecule has 5 nitrogen and oxygen atoms in total. The van der Waals surface area contributed by atoms with Gasteiger partial charge < -0.3 is 14.4 Å². The fourth-order valence-electron chi connectivity index (χ4n) is 4.73. The molecule has 1 aromatic carbocycles. The molecule has 0 radical (unpaired) electrons. The van der Waals surface area contributed by atoms with Crippen molar-refractivity contribution in [1.82, 2.24) is 4.90 Å². The monoisotopic (exact) mass is 431 g/mol. The van der Waals surface area contributed by atoms with E-state index >= 15 is 0 Å². The zero-order valence-corrected chi connectivity index (χ0v) is 18.7. The molecule has 3 fully saturated rings. The van der Waals surface area contributed by atoms with Crippen molar-refractivity contribution in [3.8, 4) is 5.75 Å². The molecule has 1 aliphatic heterocycles. The average Bonchev–Trinajstić information content (AvgIpc) is 3.66. The highest BCUT2D eigenvalue weighted by Crippen LogP contribution is 2.50. The predicted molar refractivity (Wildman–Crippen MR) is 115 cm³/mol. The molecule has 0 spiro atoms. The van der Waals surface area contributed by atoms with E-state index < -0.39 is 0 Å². The number of halogens is 1. The fraction of sp³-hybridized carbons (Fsp3) is 0.680. The summed E-state index contributed by atoms with van der Waals surface area (Å²) in [5.74, 6) is 2.16. The first kappa shape index (κ1) is 22.1. The van der Waals surface area contributed by atoms with Gasteiger partial charge in [-0.25, -0.2) is 9.18 Å². The summed E-state index contributed by atoms with van der Waals surface area (Å²) < 4.78 is 25.3. The number of carbonyl (C=O) groups is 2. The molecule has 3 aliphatic rings. The lowest BCUT2D eigenvalue weighted by atomic mass is 9.91. The number of hydrogen-bond donors (Lipinski definition) is 0. The van der Waals surface area contributed by atoms with E-state index in [0.29, 0.717) is 36.4 Å². The minimum Gasteiger partial charge on any atom is -0.493 e. The lowest BCUT2D eigenvalue weighted by Gasteiger charge is -2.32. The Morgan fingerprint density at radius 2 is 1.97 bits per heavy atom. The molecule has 1 heterocycles. The third-order valence-corrected chi connectivity index (χ3v) is 7.25. The topological polar surface area (TPSA) is 55.8 Å². The number of ketones is 1. The van der Waals surface area contributed by atoms with Gasteiger partial charge in [0.15, 0.2) is 0 Å². The number of hydrogen-bond acceptors (Lipinski definition) is 4. The van der Waals surface area contributed by atoms with Gasteiger partial charge in [-0.15, -0.1) is 0 Å². The van der Waals surface area contributed by atoms with E-state index in [1.807, 2.05) is 4.90 Å². The van der Waals surface area contributed by atoms with E-state index in [9.17, 15) is 14.0 Å². The molecule has 0 bridgehead atoms. The fourth-order valence-corrected chi connectivity index (χ4v) is 4.73. The third kappa shape index (κ3) is 5.98. The van der Waals surface area contributed by atoms with Gasteiger partial charge in [0.25, 0.3) is 0 Å². The van der Waals surface area contributed by atoms with Crippen molar-refractivity contribution in [1.29, 1.82) is 0 Å². The van der Waals surface area contributed by atoms with Crippen molar-refractivity contribution < 1.29 is 23.5 Å². The average molecular weight is 432 g/mol.